The van der Waals surface area contributed by atoms with Gasteiger partial charge in [-0.25, -0.2) is 4.98 Å². The van der Waals surface area contributed by atoms with Gasteiger partial charge in [0, 0.05) is 45.3 Å². The Bertz CT molecular complexity index is 396. The zero-order valence-corrected chi connectivity index (χ0v) is 14.8. The topological polar surface area (TPSA) is 46.6 Å². The third-order valence-corrected chi connectivity index (χ3v) is 4.29. The Balaban J connectivity index is 2.66. The van der Waals surface area contributed by atoms with Crippen LogP contribution in [0.2, 0.25) is 0 Å². The molecule has 0 saturated heterocycles. The molecule has 0 saturated carbocycles. The third kappa shape index (κ3) is 6.74. The van der Waals surface area contributed by atoms with Crippen LogP contribution in [0.5, 0.6) is 0 Å². The number of methoxy groups -OCH3 is 2. The molecule has 1 aromatic heterocycles. The maximum atomic E-state index is 5.21. The van der Waals surface area contributed by atoms with Crippen molar-refractivity contribution in [3.8, 4) is 0 Å². The molecular weight excluding hydrogens is 286 g/mol. The van der Waals surface area contributed by atoms with Gasteiger partial charge in [-0.05, 0) is 12.8 Å². The summed E-state index contributed by atoms with van der Waals surface area (Å²) in [6, 6.07) is 0. The van der Waals surface area contributed by atoms with Crippen LogP contribution in [0.15, 0.2) is 0 Å². The van der Waals surface area contributed by atoms with Crippen molar-refractivity contribution in [1.29, 1.82) is 0 Å². The summed E-state index contributed by atoms with van der Waals surface area (Å²) < 4.78 is 10.3. The fourth-order valence-electron chi connectivity index (χ4n) is 2.00. The highest BCUT2D eigenvalue weighted by Crippen LogP contribution is 2.26. The summed E-state index contributed by atoms with van der Waals surface area (Å²) in [5.41, 5.74) is 1.12. The van der Waals surface area contributed by atoms with Crippen LogP contribution in [0.25, 0.3) is 0 Å². The summed E-state index contributed by atoms with van der Waals surface area (Å²) >= 11 is 1.77. The highest BCUT2D eigenvalue weighted by atomic mass is 32.1. The van der Waals surface area contributed by atoms with Crippen LogP contribution in [0, 0.1) is 12.8 Å². The summed E-state index contributed by atoms with van der Waals surface area (Å²) in [6.07, 6.45) is 0. The standard InChI is InChI=1S/C15H29N3O2S/c1-12(2)11-18(7-9-20-5)15-17-13(3)14(21-15)10-16-6-8-19-4/h12,16H,6-11H2,1-5H3. The predicted molar refractivity (Wildman–Crippen MR) is 89.4 cm³/mol. The van der Waals surface area contributed by atoms with E-state index in [2.05, 4.69) is 31.0 Å². The SMILES string of the molecule is COCCNCc1sc(N(CCOC)CC(C)C)nc1C. The van der Waals surface area contributed by atoms with Gasteiger partial charge >= 0.3 is 0 Å². The van der Waals surface area contributed by atoms with Gasteiger partial charge in [-0.3, -0.25) is 0 Å². The summed E-state index contributed by atoms with van der Waals surface area (Å²) in [4.78, 5) is 8.36. The summed E-state index contributed by atoms with van der Waals surface area (Å²) in [7, 11) is 3.46. The lowest BCUT2D eigenvalue weighted by molar-refractivity contribution is 0.199. The largest absolute Gasteiger partial charge is 0.383 e. The molecule has 21 heavy (non-hydrogen) atoms. The summed E-state index contributed by atoms with van der Waals surface area (Å²) in [5.74, 6) is 0.606. The van der Waals surface area contributed by atoms with Crippen molar-refractivity contribution in [2.24, 2.45) is 5.92 Å². The minimum atomic E-state index is 0.606. The first-order valence-electron chi connectivity index (χ1n) is 7.48. The molecule has 122 valence electrons. The molecule has 0 fully saturated rings. The van der Waals surface area contributed by atoms with Crippen LogP contribution in [0.3, 0.4) is 0 Å². The molecule has 1 aromatic rings. The highest BCUT2D eigenvalue weighted by molar-refractivity contribution is 7.15. The fraction of sp³-hybridized carbons (Fsp3) is 0.800. The average molecular weight is 315 g/mol. The van der Waals surface area contributed by atoms with Crippen molar-refractivity contribution in [2.75, 3.05) is 52.0 Å². The number of nitrogens with one attached hydrogen (secondary N) is 1. The monoisotopic (exact) mass is 315 g/mol. The smallest absolute Gasteiger partial charge is 0.185 e. The van der Waals surface area contributed by atoms with Gasteiger partial charge in [-0.15, -0.1) is 11.3 Å². The number of aromatic nitrogens is 1. The normalized spacial score (nSPS) is 11.3. The van der Waals surface area contributed by atoms with E-state index in [1.807, 2.05) is 0 Å². The van der Waals surface area contributed by atoms with E-state index in [9.17, 15) is 0 Å². The molecule has 0 atom stereocenters. The lowest BCUT2D eigenvalue weighted by Gasteiger charge is -2.23. The molecule has 5 nitrogen and oxygen atoms in total. The zero-order chi connectivity index (χ0) is 15.7. The molecule has 6 heteroatoms. The number of thiazole rings is 1. The molecule has 0 aliphatic heterocycles. The molecular formula is C15H29N3O2S. The minimum absolute atomic E-state index is 0.606. The van der Waals surface area contributed by atoms with Crippen LogP contribution < -0.4 is 10.2 Å². The van der Waals surface area contributed by atoms with Crippen LogP contribution in [0.4, 0.5) is 5.13 Å². The van der Waals surface area contributed by atoms with E-state index in [4.69, 9.17) is 14.5 Å². The Morgan fingerprint density at radius 1 is 1.24 bits per heavy atom. The summed E-state index contributed by atoms with van der Waals surface area (Å²) in [5, 5.41) is 4.48. The highest BCUT2D eigenvalue weighted by Gasteiger charge is 2.15. The van der Waals surface area contributed by atoms with Crippen molar-refractivity contribution in [3.63, 3.8) is 0 Å². The first-order valence-corrected chi connectivity index (χ1v) is 8.30. The van der Waals surface area contributed by atoms with Crippen LogP contribution in [-0.2, 0) is 16.0 Å². The number of rotatable bonds is 11. The second-order valence-corrected chi connectivity index (χ2v) is 6.57. The number of nitrogens with zero attached hydrogens (tertiary/aromatic N) is 2. The number of anilines is 1. The quantitative estimate of drug-likeness (QED) is 0.635. The molecule has 0 aliphatic carbocycles. The van der Waals surface area contributed by atoms with E-state index in [-0.39, 0.29) is 0 Å². The molecule has 1 N–H and O–H groups in total. The van der Waals surface area contributed by atoms with Crippen molar-refractivity contribution < 1.29 is 9.47 Å². The first-order chi connectivity index (χ1) is 10.1. The fourth-order valence-corrected chi connectivity index (χ4v) is 3.06. The maximum Gasteiger partial charge on any atom is 0.185 e. The molecule has 0 bridgehead atoms. The average Bonchev–Trinajstić information content (AvgIpc) is 2.80. The molecule has 0 aromatic carbocycles. The second kappa shape index (κ2) is 10.1. The Kier molecular flexibility index (Phi) is 8.84. The number of ether oxygens (including phenoxy) is 2. The molecule has 0 amide bonds. The van der Waals surface area contributed by atoms with E-state index < -0.39 is 0 Å². The van der Waals surface area contributed by atoms with Crippen LogP contribution in [0.1, 0.15) is 24.4 Å². The number of aryl methyl sites for hydroxylation is 1. The van der Waals surface area contributed by atoms with Gasteiger partial charge in [0.25, 0.3) is 0 Å². The second-order valence-electron chi connectivity index (χ2n) is 5.51. The number of hydrogen-bond acceptors (Lipinski definition) is 6. The van der Waals surface area contributed by atoms with E-state index in [1.165, 1.54) is 4.88 Å². The van der Waals surface area contributed by atoms with E-state index >= 15 is 0 Å². The van der Waals surface area contributed by atoms with E-state index in [1.54, 1.807) is 25.6 Å². The van der Waals surface area contributed by atoms with Crippen molar-refractivity contribution >= 4 is 16.5 Å². The van der Waals surface area contributed by atoms with Gasteiger partial charge in [0.15, 0.2) is 5.13 Å². The van der Waals surface area contributed by atoms with Crippen LogP contribution >= 0.6 is 11.3 Å². The lowest BCUT2D eigenvalue weighted by Crippen LogP contribution is -2.30. The molecule has 0 spiro atoms. The van der Waals surface area contributed by atoms with Gasteiger partial charge in [0.1, 0.15) is 0 Å². The molecule has 0 radical (unpaired) electrons. The molecule has 1 heterocycles. The van der Waals surface area contributed by atoms with Crippen molar-refractivity contribution in [1.82, 2.24) is 10.3 Å². The van der Waals surface area contributed by atoms with Crippen molar-refractivity contribution in [3.05, 3.63) is 10.6 Å². The molecule has 0 aliphatic rings. The van der Waals surface area contributed by atoms with E-state index in [0.29, 0.717) is 5.92 Å². The Morgan fingerprint density at radius 3 is 2.57 bits per heavy atom. The zero-order valence-electron chi connectivity index (χ0n) is 13.9. The first kappa shape index (κ1) is 18.4. The van der Waals surface area contributed by atoms with Gasteiger partial charge in [-0.2, -0.15) is 0 Å². The molecule has 0 unspecified atom stereocenters. The summed E-state index contributed by atoms with van der Waals surface area (Å²) in [6.45, 7) is 11.6. The maximum absolute atomic E-state index is 5.21. The van der Waals surface area contributed by atoms with Gasteiger partial charge in [-0.1, -0.05) is 13.8 Å². The predicted octanol–water partition coefficient (Wildman–Crippen LogP) is 2.30. The lowest BCUT2D eigenvalue weighted by atomic mass is 10.2. The number of hydrogen-bond donors (Lipinski definition) is 1. The Hall–Kier alpha value is -0.690. The Morgan fingerprint density at radius 2 is 1.95 bits per heavy atom. The Labute approximate surface area is 132 Å². The van der Waals surface area contributed by atoms with Gasteiger partial charge in [0.05, 0.1) is 18.9 Å². The van der Waals surface area contributed by atoms with Crippen LogP contribution in [-0.4, -0.2) is 52.1 Å². The third-order valence-electron chi connectivity index (χ3n) is 3.07. The van der Waals surface area contributed by atoms with Gasteiger partial charge in [0.2, 0.25) is 0 Å². The minimum Gasteiger partial charge on any atom is -0.383 e. The molecule has 1 rings (SSSR count). The van der Waals surface area contributed by atoms with Crippen molar-refractivity contribution in [2.45, 2.75) is 27.3 Å². The van der Waals surface area contributed by atoms with E-state index in [0.717, 1.165) is 50.2 Å². The van der Waals surface area contributed by atoms with Gasteiger partial charge < -0.3 is 19.7 Å².